The molecule has 1 amide bonds. The molecule has 0 unspecified atom stereocenters. The Bertz CT molecular complexity index is 977. The summed E-state index contributed by atoms with van der Waals surface area (Å²) in [5.41, 5.74) is 3.26. The molecule has 2 aliphatic rings. The van der Waals surface area contributed by atoms with E-state index in [4.69, 9.17) is 0 Å². The normalized spacial score (nSPS) is 22.4. The summed E-state index contributed by atoms with van der Waals surface area (Å²) in [7, 11) is 0. The molecule has 0 radical (unpaired) electrons. The van der Waals surface area contributed by atoms with E-state index in [1.165, 1.54) is 4.90 Å². The number of rotatable bonds is 5. The van der Waals surface area contributed by atoms with Crippen molar-refractivity contribution in [2.75, 3.05) is 0 Å². The lowest BCUT2D eigenvalue weighted by molar-refractivity contribution is -0.161. The summed E-state index contributed by atoms with van der Waals surface area (Å²) >= 11 is 0. The Morgan fingerprint density at radius 3 is 2.57 bits per heavy atom. The summed E-state index contributed by atoms with van der Waals surface area (Å²) in [6.45, 7) is 1.57. The smallest absolute Gasteiger partial charge is 0.352 e. The van der Waals surface area contributed by atoms with Crippen LogP contribution in [0, 0.1) is 5.92 Å². The van der Waals surface area contributed by atoms with Crippen molar-refractivity contribution in [3.8, 4) is 0 Å². The zero-order valence-corrected chi connectivity index (χ0v) is 15.3. The molecule has 0 spiro atoms. The van der Waals surface area contributed by atoms with Gasteiger partial charge in [-0.25, -0.2) is 4.79 Å². The summed E-state index contributed by atoms with van der Waals surface area (Å²) in [4.78, 5) is 29.7. The average Bonchev–Trinajstić information content (AvgIpc) is 3.02. The molecule has 1 saturated heterocycles. The molecule has 6 nitrogen and oxygen atoms in total. The Hall–Kier alpha value is -3.25. The number of aromatic nitrogens is 1. The number of hydrogen-bond donors (Lipinski definition) is 2. The molecule has 142 valence electrons. The molecule has 1 fully saturated rings. The van der Waals surface area contributed by atoms with E-state index in [2.05, 4.69) is 4.98 Å². The van der Waals surface area contributed by atoms with E-state index in [1.54, 1.807) is 13.1 Å². The Morgan fingerprint density at radius 2 is 1.96 bits per heavy atom. The molecular weight excluding hydrogens is 356 g/mol. The van der Waals surface area contributed by atoms with Crippen molar-refractivity contribution in [2.45, 2.75) is 25.5 Å². The van der Waals surface area contributed by atoms with Gasteiger partial charge in [0.1, 0.15) is 5.70 Å². The van der Waals surface area contributed by atoms with Gasteiger partial charge in [-0.15, -0.1) is 0 Å². The van der Waals surface area contributed by atoms with Crippen LogP contribution >= 0.6 is 0 Å². The zero-order valence-electron chi connectivity index (χ0n) is 15.3. The van der Waals surface area contributed by atoms with Crippen LogP contribution < -0.4 is 0 Å². The van der Waals surface area contributed by atoms with Crippen LogP contribution in [0.3, 0.4) is 0 Å². The Balaban J connectivity index is 1.59. The molecule has 1 aromatic carbocycles. The molecular formula is C22H20N2O4. The van der Waals surface area contributed by atoms with Crippen LogP contribution in [0.25, 0.3) is 17.7 Å². The van der Waals surface area contributed by atoms with Crippen LogP contribution in [0.5, 0.6) is 0 Å². The van der Waals surface area contributed by atoms with E-state index in [0.29, 0.717) is 12.0 Å². The summed E-state index contributed by atoms with van der Waals surface area (Å²) in [6.07, 6.45) is 5.22. The van der Waals surface area contributed by atoms with Crippen LogP contribution in [0.4, 0.5) is 0 Å². The van der Waals surface area contributed by atoms with Gasteiger partial charge < -0.3 is 15.1 Å². The number of hydrogen-bond acceptors (Lipinski definition) is 4. The number of aliphatic hydroxyl groups is 1. The van der Waals surface area contributed by atoms with Crippen molar-refractivity contribution in [3.63, 3.8) is 0 Å². The van der Waals surface area contributed by atoms with Gasteiger partial charge in [0, 0.05) is 6.20 Å². The van der Waals surface area contributed by atoms with Crippen LogP contribution in [-0.2, 0) is 9.59 Å². The number of pyridine rings is 1. The van der Waals surface area contributed by atoms with E-state index >= 15 is 0 Å². The van der Waals surface area contributed by atoms with Gasteiger partial charge in [0.15, 0.2) is 0 Å². The fraction of sp³-hybridized carbons (Fsp3) is 0.227. The number of carboxylic acid groups (broad SMARTS) is 1. The van der Waals surface area contributed by atoms with Gasteiger partial charge in [-0.1, -0.05) is 36.4 Å². The maximum atomic E-state index is 12.3. The third kappa shape index (κ3) is 3.01. The van der Waals surface area contributed by atoms with Crippen molar-refractivity contribution in [1.29, 1.82) is 0 Å². The number of aliphatic carboxylic acids is 1. The first-order chi connectivity index (χ1) is 13.5. The third-order valence-corrected chi connectivity index (χ3v) is 5.32. The second kappa shape index (κ2) is 7.05. The second-order valence-electron chi connectivity index (χ2n) is 7.09. The topological polar surface area (TPSA) is 90.7 Å². The molecule has 3 heterocycles. The highest BCUT2D eigenvalue weighted by Gasteiger charge is 2.56. The number of amides is 1. The highest BCUT2D eigenvalue weighted by molar-refractivity contribution is 6.06. The Kier molecular flexibility index (Phi) is 4.57. The molecule has 4 rings (SSSR count). The van der Waals surface area contributed by atoms with Gasteiger partial charge in [-0.05, 0) is 48.3 Å². The molecule has 0 saturated carbocycles. The van der Waals surface area contributed by atoms with Crippen molar-refractivity contribution in [2.24, 2.45) is 5.92 Å². The standard InChI is InChI=1S/C22H20N2O4/c1-13(25)19-18-12-17(20(22(27)28)24(18)21(19)26)15-8-5-14(6-9-15)7-10-16-4-2-3-11-23-16/h2-11,13,18-19,25H,12H2,1H3,(H,27,28)/b10-7+/t13-,18-,19-/m1/s1. The lowest BCUT2D eigenvalue weighted by Gasteiger charge is -2.44. The van der Waals surface area contributed by atoms with Gasteiger partial charge >= 0.3 is 5.97 Å². The maximum absolute atomic E-state index is 12.3. The van der Waals surface area contributed by atoms with Crippen LogP contribution in [-0.4, -0.2) is 44.1 Å². The minimum atomic E-state index is -1.12. The molecule has 6 heteroatoms. The van der Waals surface area contributed by atoms with E-state index in [-0.39, 0.29) is 17.6 Å². The average molecular weight is 376 g/mol. The lowest BCUT2D eigenvalue weighted by atomic mass is 9.82. The molecule has 2 aliphatic heterocycles. The highest BCUT2D eigenvalue weighted by atomic mass is 16.4. The van der Waals surface area contributed by atoms with Crippen LogP contribution in [0.15, 0.2) is 54.4 Å². The number of β-lactam (4-membered cyclic amide) rings is 1. The van der Waals surface area contributed by atoms with Crippen LogP contribution in [0.1, 0.15) is 30.2 Å². The van der Waals surface area contributed by atoms with Crippen molar-refractivity contribution >= 4 is 29.6 Å². The molecule has 0 bridgehead atoms. The third-order valence-electron chi connectivity index (χ3n) is 5.32. The van der Waals surface area contributed by atoms with Gasteiger partial charge in [0.25, 0.3) is 0 Å². The van der Waals surface area contributed by atoms with Crippen molar-refractivity contribution < 1.29 is 19.8 Å². The molecule has 2 N–H and O–H groups in total. The largest absolute Gasteiger partial charge is 0.477 e. The summed E-state index contributed by atoms with van der Waals surface area (Å²) in [5, 5.41) is 19.5. The fourth-order valence-corrected chi connectivity index (χ4v) is 3.98. The number of benzene rings is 1. The highest BCUT2D eigenvalue weighted by Crippen LogP contribution is 2.46. The molecule has 0 aliphatic carbocycles. The maximum Gasteiger partial charge on any atom is 0.352 e. The first-order valence-electron chi connectivity index (χ1n) is 9.14. The lowest BCUT2D eigenvalue weighted by Crippen LogP contribution is -2.61. The van der Waals surface area contributed by atoms with E-state index in [9.17, 15) is 19.8 Å². The molecule has 3 atom stereocenters. The SMILES string of the molecule is C[C@@H](O)[C@H]1C(=O)N2C(C(=O)O)=C(c3ccc(/C=C/c4ccccn4)cc3)C[C@H]12. The van der Waals surface area contributed by atoms with Gasteiger partial charge in [-0.3, -0.25) is 9.78 Å². The summed E-state index contributed by atoms with van der Waals surface area (Å²) in [6, 6.07) is 13.0. The molecule has 28 heavy (non-hydrogen) atoms. The number of aliphatic hydroxyl groups excluding tert-OH is 1. The van der Waals surface area contributed by atoms with Gasteiger partial charge in [0.2, 0.25) is 5.91 Å². The van der Waals surface area contributed by atoms with Crippen molar-refractivity contribution in [1.82, 2.24) is 9.88 Å². The predicted molar refractivity (Wildman–Crippen MR) is 105 cm³/mol. The Morgan fingerprint density at radius 1 is 1.21 bits per heavy atom. The quantitative estimate of drug-likeness (QED) is 0.783. The minimum Gasteiger partial charge on any atom is -0.477 e. The van der Waals surface area contributed by atoms with Gasteiger partial charge in [-0.2, -0.15) is 0 Å². The number of carbonyl (C=O) groups excluding carboxylic acids is 1. The number of carbonyl (C=O) groups is 2. The fourth-order valence-electron chi connectivity index (χ4n) is 3.98. The minimum absolute atomic E-state index is 0.0312. The van der Waals surface area contributed by atoms with E-state index < -0.39 is 18.0 Å². The van der Waals surface area contributed by atoms with E-state index in [0.717, 1.165) is 16.8 Å². The van der Waals surface area contributed by atoms with Crippen molar-refractivity contribution in [3.05, 3.63) is 71.2 Å². The Labute approximate surface area is 162 Å². The molecule has 2 aromatic rings. The van der Waals surface area contributed by atoms with E-state index in [1.807, 2.05) is 54.6 Å². The second-order valence-corrected chi connectivity index (χ2v) is 7.09. The summed E-state index contributed by atoms with van der Waals surface area (Å²) in [5.74, 6) is -1.97. The molecule has 1 aromatic heterocycles. The first kappa shape index (κ1) is 18.1. The number of fused-ring (bicyclic) bond motifs is 1. The predicted octanol–water partition coefficient (Wildman–Crippen LogP) is 2.66. The number of nitrogens with zero attached hydrogens (tertiary/aromatic N) is 2. The monoisotopic (exact) mass is 376 g/mol. The first-order valence-corrected chi connectivity index (χ1v) is 9.14. The van der Waals surface area contributed by atoms with Gasteiger partial charge in [0.05, 0.1) is 23.8 Å². The zero-order chi connectivity index (χ0) is 19.8. The summed E-state index contributed by atoms with van der Waals surface area (Å²) < 4.78 is 0. The number of carboxylic acids is 1. The van der Waals surface area contributed by atoms with Crippen LogP contribution in [0.2, 0.25) is 0 Å².